The first-order valence-corrected chi connectivity index (χ1v) is 7.65. The first-order valence-electron chi connectivity index (χ1n) is 6.67. The highest BCUT2D eigenvalue weighted by Gasteiger charge is 2.23. The zero-order valence-corrected chi connectivity index (χ0v) is 13.5. The standard InChI is InChI=1S/C12H12N8O3S/c1-5-3-6(2)15-12(14-5)24-4-7-8(11(21)22)16-19-20(7)10-9(13)17-23-18-10/h3H,4H2,1-2H3,(H2,13,17)(H,21,22). The molecule has 3 rings (SSSR count). The lowest BCUT2D eigenvalue weighted by molar-refractivity contribution is 0.0689. The molecule has 11 nitrogen and oxygen atoms in total. The fourth-order valence-electron chi connectivity index (χ4n) is 2.00. The van der Waals surface area contributed by atoms with Crippen LogP contribution in [0.1, 0.15) is 27.6 Å². The van der Waals surface area contributed by atoms with Crippen LogP contribution in [0.15, 0.2) is 15.9 Å². The normalized spacial score (nSPS) is 10.9. The van der Waals surface area contributed by atoms with Crippen LogP contribution in [0.2, 0.25) is 0 Å². The second-order valence-electron chi connectivity index (χ2n) is 4.80. The topological polar surface area (TPSA) is 159 Å². The molecule has 0 amide bonds. The monoisotopic (exact) mass is 348 g/mol. The molecule has 0 saturated heterocycles. The van der Waals surface area contributed by atoms with E-state index < -0.39 is 5.97 Å². The molecule has 124 valence electrons. The quantitative estimate of drug-likeness (QED) is 0.491. The second kappa shape index (κ2) is 6.23. The zero-order valence-electron chi connectivity index (χ0n) is 12.7. The number of anilines is 1. The van der Waals surface area contributed by atoms with E-state index in [0.29, 0.717) is 5.16 Å². The van der Waals surface area contributed by atoms with Crippen LogP contribution in [0.5, 0.6) is 0 Å². The number of aromatic carboxylic acids is 1. The fourth-order valence-corrected chi connectivity index (χ4v) is 2.94. The molecule has 0 aliphatic rings. The van der Waals surface area contributed by atoms with Crippen LogP contribution in [0.4, 0.5) is 5.82 Å². The third-order valence-corrected chi connectivity index (χ3v) is 3.82. The van der Waals surface area contributed by atoms with Gasteiger partial charge in [0.25, 0.3) is 0 Å². The Morgan fingerprint density at radius 2 is 2.04 bits per heavy atom. The van der Waals surface area contributed by atoms with Gasteiger partial charge in [-0.3, -0.25) is 0 Å². The Morgan fingerprint density at radius 3 is 2.62 bits per heavy atom. The van der Waals surface area contributed by atoms with Gasteiger partial charge in [0, 0.05) is 17.1 Å². The highest BCUT2D eigenvalue weighted by molar-refractivity contribution is 7.98. The lowest BCUT2D eigenvalue weighted by Crippen LogP contribution is -2.08. The van der Waals surface area contributed by atoms with Crippen LogP contribution in [-0.4, -0.2) is 46.4 Å². The van der Waals surface area contributed by atoms with Crippen molar-refractivity contribution in [2.24, 2.45) is 0 Å². The molecule has 3 aromatic heterocycles. The summed E-state index contributed by atoms with van der Waals surface area (Å²) in [6.07, 6.45) is 0. The van der Waals surface area contributed by atoms with Crippen LogP contribution >= 0.6 is 11.8 Å². The summed E-state index contributed by atoms with van der Waals surface area (Å²) in [5.41, 5.74) is 7.34. The number of aromatic nitrogens is 7. The molecular formula is C12H12N8O3S. The van der Waals surface area contributed by atoms with Gasteiger partial charge in [0.15, 0.2) is 10.9 Å². The number of nitrogen functional groups attached to an aromatic ring is 1. The van der Waals surface area contributed by atoms with Gasteiger partial charge >= 0.3 is 5.97 Å². The minimum Gasteiger partial charge on any atom is -0.476 e. The van der Waals surface area contributed by atoms with Crippen molar-refractivity contribution in [2.75, 3.05) is 5.73 Å². The Bertz CT molecular complexity index is 885. The van der Waals surface area contributed by atoms with Gasteiger partial charge in [0.1, 0.15) is 0 Å². The molecule has 0 radical (unpaired) electrons. The third kappa shape index (κ3) is 3.03. The largest absolute Gasteiger partial charge is 0.476 e. The summed E-state index contributed by atoms with van der Waals surface area (Å²) in [6.45, 7) is 3.71. The minimum atomic E-state index is -1.21. The van der Waals surface area contributed by atoms with Crippen molar-refractivity contribution >= 4 is 23.5 Å². The number of hydrogen-bond donors (Lipinski definition) is 2. The predicted molar refractivity (Wildman–Crippen MR) is 81.7 cm³/mol. The van der Waals surface area contributed by atoms with Crippen molar-refractivity contribution < 1.29 is 14.5 Å². The Kier molecular flexibility index (Phi) is 4.12. The number of nitrogens with two attached hydrogens (primary N) is 1. The highest BCUT2D eigenvalue weighted by atomic mass is 32.2. The van der Waals surface area contributed by atoms with Gasteiger partial charge in [0.2, 0.25) is 11.6 Å². The summed E-state index contributed by atoms with van der Waals surface area (Å²) >= 11 is 1.25. The molecule has 0 aliphatic heterocycles. The van der Waals surface area contributed by atoms with Gasteiger partial charge in [-0.2, -0.15) is 4.68 Å². The maximum absolute atomic E-state index is 11.4. The predicted octanol–water partition coefficient (Wildman–Crippen LogP) is 0.630. The number of rotatable bonds is 5. The molecule has 3 aromatic rings. The van der Waals surface area contributed by atoms with E-state index in [-0.39, 0.29) is 28.8 Å². The number of carbonyl (C=O) groups is 1. The van der Waals surface area contributed by atoms with Crippen LogP contribution in [0, 0.1) is 13.8 Å². The van der Waals surface area contributed by atoms with Crippen molar-refractivity contribution in [1.82, 2.24) is 35.3 Å². The van der Waals surface area contributed by atoms with Gasteiger partial charge < -0.3 is 10.8 Å². The first-order chi connectivity index (χ1) is 11.5. The fraction of sp³-hybridized carbons (Fsp3) is 0.250. The van der Waals surface area contributed by atoms with E-state index in [2.05, 4.69) is 35.2 Å². The van der Waals surface area contributed by atoms with E-state index in [9.17, 15) is 9.90 Å². The molecule has 0 saturated carbocycles. The van der Waals surface area contributed by atoms with Crippen molar-refractivity contribution in [3.8, 4) is 5.82 Å². The van der Waals surface area contributed by atoms with E-state index in [4.69, 9.17) is 5.73 Å². The Labute approximate surface area is 139 Å². The summed E-state index contributed by atoms with van der Waals surface area (Å²) in [4.78, 5) is 20.0. The van der Waals surface area contributed by atoms with Gasteiger partial charge in [-0.05, 0) is 30.2 Å². The zero-order chi connectivity index (χ0) is 17.3. The molecule has 3 N–H and O–H groups in total. The van der Waals surface area contributed by atoms with Crippen LogP contribution < -0.4 is 5.73 Å². The van der Waals surface area contributed by atoms with Crippen molar-refractivity contribution in [3.63, 3.8) is 0 Å². The number of nitrogens with zero attached hydrogens (tertiary/aromatic N) is 7. The number of hydrogen-bond acceptors (Lipinski definition) is 10. The summed E-state index contributed by atoms with van der Waals surface area (Å²) < 4.78 is 5.71. The summed E-state index contributed by atoms with van der Waals surface area (Å²) in [6, 6.07) is 1.85. The molecule has 0 atom stereocenters. The van der Waals surface area contributed by atoms with E-state index in [1.54, 1.807) is 0 Å². The van der Waals surface area contributed by atoms with Crippen LogP contribution in [0.25, 0.3) is 5.82 Å². The lowest BCUT2D eigenvalue weighted by Gasteiger charge is -2.05. The molecule has 24 heavy (non-hydrogen) atoms. The van der Waals surface area contributed by atoms with E-state index in [1.807, 2.05) is 19.9 Å². The number of carboxylic acid groups (broad SMARTS) is 1. The van der Waals surface area contributed by atoms with Crippen molar-refractivity contribution in [2.45, 2.75) is 24.8 Å². The highest BCUT2D eigenvalue weighted by Crippen LogP contribution is 2.24. The van der Waals surface area contributed by atoms with E-state index >= 15 is 0 Å². The summed E-state index contributed by atoms with van der Waals surface area (Å²) in [5, 5.41) is 24.3. The molecule has 3 heterocycles. The molecule has 0 aliphatic carbocycles. The van der Waals surface area contributed by atoms with Gasteiger partial charge in [-0.25, -0.2) is 19.4 Å². The Hall–Kier alpha value is -3.02. The molecule has 12 heteroatoms. The van der Waals surface area contributed by atoms with Gasteiger partial charge in [-0.1, -0.05) is 17.0 Å². The Morgan fingerprint density at radius 1 is 1.33 bits per heavy atom. The summed E-state index contributed by atoms with van der Waals surface area (Å²) in [7, 11) is 0. The minimum absolute atomic E-state index is 0.0225. The molecule has 0 bridgehead atoms. The SMILES string of the molecule is Cc1cc(C)nc(SCc2c(C(=O)O)nnn2-c2nonc2N)n1. The number of carboxylic acids is 1. The van der Waals surface area contributed by atoms with Gasteiger partial charge in [0.05, 0.1) is 5.69 Å². The van der Waals surface area contributed by atoms with Gasteiger partial charge in [-0.15, -0.1) is 5.10 Å². The first kappa shape index (κ1) is 15.9. The molecule has 0 fully saturated rings. The third-order valence-electron chi connectivity index (χ3n) is 2.96. The van der Waals surface area contributed by atoms with Crippen LogP contribution in [-0.2, 0) is 5.75 Å². The summed E-state index contributed by atoms with van der Waals surface area (Å²) in [5.74, 6) is -0.963. The van der Waals surface area contributed by atoms with Crippen molar-refractivity contribution in [1.29, 1.82) is 0 Å². The molecule has 0 unspecified atom stereocenters. The molecular weight excluding hydrogens is 336 g/mol. The molecule has 0 spiro atoms. The van der Waals surface area contributed by atoms with E-state index in [1.165, 1.54) is 16.4 Å². The maximum Gasteiger partial charge on any atom is 0.358 e. The lowest BCUT2D eigenvalue weighted by atomic mass is 10.3. The average molecular weight is 348 g/mol. The molecule has 0 aromatic carbocycles. The van der Waals surface area contributed by atoms with E-state index in [0.717, 1.165) is 11.4 Å². The number of aryl methyl sites for hydroxylation is 2. The average Bonchev–Trinajstić information content (AvgIpc) is 3.09. The Balaban J connectivity index is 1.95. The number of thioether (sulfide) groups is 1. The smallest absolute Gasteiger partial charge is 0.358 e. The maximum atomic E-state index is 11.4. The van der Waals surface area contributed by atoms with Crippen LogP contribution in [0.3, 0.4) is 0 Å². The second-order valence-corrected chi connectivity index (χ2v) is 5.74. The van der Waals surface area contributed by atoms with Crippen molar-refractivity contribution in [3.05, 3.63) is 28.8 Å².